The number of rotatable bonds is 0. The van der Waals surface area contributed by atoms with E-state index in [1.165, 1.54) is 29.5 Å². The lowest BCUT2D eigenvalue weighted by molar-refractivity contribution is 0.949. The van der Waals surface area contributed by atoms with E-state index in [9.17, 15) is 0 Å². The number of nitrogens with zero attached hydrogens (tertiary/aromatic N) is 1. The molecule has 1 fully saturated rings. The van der Waals surface area contributed by atoms with E-state index in [0.29, 0.717) is 0 Å². The van der Waals surface area contributed by atoms with Gasteiger partial charge in [-0.1, -0.05) is 12.2 Å². The van der Waals surface area contributed by atoms with Gasteiger partial charge in [0.15, 0.2) is 0 Å². The second kappa shape index (κ2) is 6.27. The van der Waals surface area contributed by atoms with Gasteiger partial charge in [-0.25, -0.2) is 0 Å². The van der Waals surface area contributed by atoms with Gasteiger partial charge in [-0.2, -0.15) is 5.16 Å². The Morgan fingerprint density at radius 1 is 1.44 bits per heavy atom. The quantitative estimate of drug-likeness (QED) is 0.301. The highest BCUT2D eigenvalue weighted by Crippen LogP contribution is 2.08. The molecule has 1 aliphatic heterocycles. The summed E-state index contributed by atoms with van der Waals surface area (Å²) < 4.78 is 0. The first kappa shape index (κ1) is 9.15. The first-order chi connectivity index (χ1) is 4.31. The maximum absolute atomic E-state index is 7.13. The normalized spacial score (nSPS) is 17.9. The molecule has 0 aromatic heterocycles. The summed E-state index contributed by atoms with van der Waals surface area (Å²) in [5.41, 5.74) is 0. The molecule has 0 radical (unpaired) electrons. The Bertz CT molecular complexity index is 91.2. The summed E-state index contributed by atoms with van der Waals surface area (Å²) >= 11 is 3.70. The summed E-state index contributed by atoms with van der Waals surface area (Å²) in [6, 6.07) is 0. The zero-order valence-corrected chi connectivity index (χ0v) is 7.23. The molecule has 0 aromatic rings. The maximum atomic E-state index is 7.13. The lowest BCUT2D eigenvalue weighted by Gasteiger charge is -1.81. The third-order valence-corrected chi connectivity index (χ3v) is 3.21. The third-order valence-electron chi connectivity index (χ3n) is 1.24. The van der Waals surface area contributed by atoms with E-state index in [0.717, 1.165) is 10.9 Å². The van der Waals surface area contributed by atoms with Crippen LogP contribution < -0.4 is 0 Å². The summed E-state index contributed by atoms with van der Waals surface area (Å²) in [5, 5.41) is 8.47. The molecule has 0 aromatic carbocycles. The fourth-order valence-corrected chi connectivity index (χ4v) is 2.40. The minimum absolute atomic E-state index is 0.827. The van der Waals surface area contributed by atoms with Crippen molar-refractivity contribution >= 4 is 28.3 Å². The molecule has 1 rings (SSSR count). The molecule has 0 saturated carbocycles. The zero-order valence-electron chi connectivity index (χ0n) is 5.59. The van der Waals surface area contributed by atoms with Crippen molar-refractivity contribution in [1.82, 2.24) is 0 Å². The van der Waals surface area contributed by atoms with Gasteiger partial charge in [0.1, 0.15) is 11.5 Å². The van der Waals surface area contributed by atoms with Crippen molar-refractivity contribution in [3.8, 4) is 0 Å². The summed E-state index contributed by atoms with van der Waals surface area (Å²) in [4.78, 5) is 0. The molecule has 0 aliphatic carbocycles. The van der Waals surface area contributed by atoms with Gasteiger partial charge in [-0.05, 0) is 23.7 Å². The van der Waals surface area contributed by atoms with E-state index in [-0.39, 0.29) is 0 Å². The van der Waals surface area contributed by atoms with Crippen molar-refractivity contribution in [3.63, 3.8) is 0 Å². The van der Waals surface area contributed by atoms with Crippen molar-refractivity contribution in [2.24, 2.45) is 0 Å². The molecule has 0 amide bonds. The van der Waals surface area contributed by atoms with E-state index < -0.39 is 0 Å². The Kier molecular flexibility index (Phi) is 6.38. The molecule has 1 nitrogen and oxygen atoms in total. The second-order valence-corrected chi connectivity index (χ2v) is 4.55. The first-order valence-electron chi connectivity index (χ1n) is 2.91. The molecule has 1 heterocycles. The largest absolute Gasteiger partial charge is 0.753 e. The van der Waals surface area contributed by atoms with Crippen LogP contribution in [0.3, 0.4) is 0 Å². The molecule has 0 N–H and O–H groups in total. The number of isothiocyanates is 1. The lowest BCUT2D eigenvalue weighted by Crippen LogP contribution is -1.96. The van der Waals surface area contributed by atoms with Crippen LogP contribution in [-0.2, 0) is 10.9 Å². The molecule has 1 saturated heterocycles. The smallest absolute Gasteiger partial charge is 0.108 e. The van der Waals surface area contributed by atoms with Gasteiger partial charge in [-0.15, -0.1) is 0 Å². The molecule has 0 atom stereocenters. The number of hydrogen-bond acceptors (Lipinski definition) is 1. The topological polar surface area (TPSA) is 22.3 Å². The molecule has 0 spiro atoms. The predicted molar refractivity (Wildman–Crippen MR) is 48.2 cm³/mol. The highest BCUT2D eigenvalue weighted by molar-refractivity contribution is 7.96. The molecule has 0 bridgehead atoms. The van der Waals surface area contributed by atoms with Crippen LogP contribution in [0.25, 0.3) is 5.41 Å². The standard InChI is InChI=1S/C5H11S.CNS/c1-6-4-2-3-5-6;2-1-3/h2-5H2,1H3;/q+1;-1. The van der Waals surface area contributed by atoms with Crippen LogP contribution in [0.4, 0.5) is 0 Å². The van der Waals surface area contributed by atoms with Gasteiger partial charge >= 0.3 is 0 Å². The van der Waals surface area contributed by atoms with Crippen molar-refractivity contribution in [2.45, 2.75) is 12.8 Å². The highest BCUT2D eigenvalue weighted by Gasteiger charge is 2.16. The fourth-order valence-electron chi connectivity index (χ4n) is 0.799. The zero-order chi connectivity index (χ0) is 7.11. The average Bonchev–Trinajstić information content (AvgIpc) is 2.20. The lowest BCUT2D eigenvalue weighted by atomic mass is 10.4. The average molecular weight is 161 g/mol. The molecule has 1 aliphatic rings. The van der Waals surface area contributed by atoms with Gasteiger partial charge in [0.2, 0.25) is 0 Å². The fraction of sp³-hybridized carbons (Fsp3) is 0.833. The molecular weight excluding hydrogens is 150 g/mol. The van der Waals surface area contributed by atoms with Gasteiger partial charge in [0.25, 0.3) is 0 Å². The molecule has 3 heteroatoms. The molecule has 52 valence electrons. The Hall–Kier alpha value is 0.150. The van der Waals surface area contributed by atoms with Crippen LogP contribution in [0.1, 0.15) is 12.8 Å². The maximum Gasteiger partial charge on any atom is 0.108 e. The van der Waals surface area contributed by atoms with Crippen LogP contribution in [0.15, 0.2) is 0 Å². The van der Waals surface area contributed by atoms with Crippen LogP contribution in [-0.4, -0.2) is 22.9 Å². The van der Waals surface area contributed by atoms with E-state index in [4.69, 9.17) is 5.41 Å². The summed E-state index contributed by atoms with van der Waals surface area (Å²) in [6.07, 6.45) is 5.37. The second-order valence-electron chi connectivity index (χ2n) is 1.99. The Labute approximate surface area is 64.7 Å². The first-order valence-corrected chi connectivity index (χ1v) is 5.29. The van der Waals surface area contributed by atoms with Gasteiger partial charge in [0.05, 0.1) is 6.26 Å². The number of hydrogen-bond donors (Lipinski definition) is 0. The van der Waals surface area contributed by atoms with Crippen molar-refractivity contribution in [3.05, 3.63) is 5.41 Å². The van der Waals surface area contributed by atoms with Crippen molar-refractivity contribution in [2.75, 3.05) is 17.8 Å². The summed E-state index contributed by atoms with van der Waals surface area (Å²) in [5.74, 6) is 3.03. The van der Waals surface area contributed by atoms with Crippen LogP contribution >= 0.6 is 12.2 Å². The predicted octanol–water partition coefficient (Wildman–Crippen LogP) is 1.69. The van der Waals surface area contributed by atoms with Gasteiger partial charge < -0.3 is 5.41 Å². The van der Waals surface area contributed by atoms with Crippen molar-refractivity contribution < 1.29 is 0 Å². The monoisotopic (exact) mass is 161 g/mol. The Morgan fingerprint density at radius 2 is 1.78 bits per heavy atom. The van der Waals surface area contributed by atoms with E-state index in [1.807, 2.05) is 0 Å². The minimum atomic E-state index is 0.827. The van der Waals surface area contributed by atoms with Crippen LogP contribution in [0.2, 0.25) is 0 Å². The summed E-state index contributed by atoms with van der Waals surface area (Å²) in [7, 11) is 0.827. The highest BCUT2D eigenvalue weighted by atomic mass is 32.2. The third kappa shape index (κ3) is 6.03. The van der Waals surface area contributed by atoms with E-state index in [1.54, 1.807) is 0 Å². The van der Waals surface area contributed by atoms with E-state index >= 15 is 0 Å². The van der Waals surface area contributed by atoms with E-state index in [2.05, 4.69) is 18.5 Å². The summed E-state index contributed by atoms with van der Waals surface area (Å²) in [6.45, 7) is 0. The SMILES string of the molecule is C[S+]1CCCC1.[N-]=C=S. The van der Waals surface area contributed by atoms with Crippen LogP contribution in [0.5, 0.6) is 0 Å². The molecular formula is C6H11NS2. The van der Waals surface area contributed by atoms with Crippen LogP contribution in [0, 0.1) is 0 Å². The minimum Gasteiger partial charge on any atom is -0.753 e. The Morgan fingerprint density at radius 3 is 1.89 bits per heavy atom. The molecule has 0 unspecified atom stereocenters. The van der Waals surface area contributed by atoms with Gasteiger partial charge in [0, 0.05) is 0 Å². The van der Waals surface area contributed by atoms with Crippen molar-refractivity contribution in [1.29, 1.82) is 0 Å². The number of thiocarbonyl (C=S) groups is 1. The Balaban J connectivity index is 0.000000187. The molecule has 9 heavy (non-hydrogen) atoms. The van der Waals surface area contributed by atoms with Gasteiger partial charge in [-0.3, -0.25) is 0 Å².